The molecule has 0 aromatic heterocycles. The number of carbonyl (C=O) groups is 2. The zero-order chi connectivity index (χ0) is 24.6. The minimum absolute atomic E-state index is 0.000181. The molecule has 2 heterocycles. The number of hydrogen-bond acceptors (Lipinski definition) is 4. The molecule has 190 valence electrons. The van der Waals surface area contributed by atoms with Crippen LogP contribution in [0.15, 0.2) is 24.3 Å². The van der Waals surface area contributed by atoms with Crippen LogP contribution in [-0.2, 0) is 20.9 Å². The van der Waals surface area contributed by atoms with E-state index in [4.69, 9.17) is 4.74 Å². The van der Waals surface area contributed by atoms with Crippen molar-refractivity contribution < 1.29 is 18.7 Å². The van der Waals surface area contributed by atoms with Gasteiger partial charge in [0, 0.05) is 24.8 Å². The molecular formula is C27H42FN3O3. The standard InChI is InChI=1S/C27H42FN3O3/c1-20(2)17-24-25(32)29-21(3)19-34-16-8-4-7-11-27(26(33)30-24)12-14-31(15-13-27)18-22-9-5-6-10-23(22)28/h5-6,9-10,20-21,24H,4,7-8,11-19H2,1-3H3,(H,29,32)(H,30,33)/t21-,24+/m1/s1. The number of likely N-dealkylation sites (tertiary alicyclic amines) is 1. The molecule has 0 saturated carbocycles. The number of nitrogens with one attached hydrogen (secondary N) is 2. The maximum atomic E-state index is 14.1. The summed E-state index contributed by atoms with van der Waals surface area (Å²) in [6, 6.07) is 6.24. The molecule has 1 aromatic carbocycles. The highest BCUT2D eigenvalue weighted by molar-refractivity contribution is 5.90. The first-order valence-corrected chi connectivity index (χ1v) is 12.9. The molecule has 1 aromatic rings. The predicted octanol–water partition coefficient (Wildman–Crippen LogP) is 4.03. The summed E-state index contributed by atoms with van der Waals surface area (Å²) in [7, 11) is 0. The molecule has 2 N–H and O–H groups in total. The normalized spacial score (nSPS) is 25.6. The average molecular weight is 476 g/mol. The smallest absolute Gasteiger partial charge is 0.242 e. The van der Waals surface area contributed by atoms with Gasteiger partial charge in [0.15, 0.2) is 0 Å². The molecule has 0 radical (unpaired) electrons. The highest BCUT2D eigenvalue weighted by Gasteiger charge is 2.42. The molecule has 7 heteroatoms. The summed E-state index contributed by atoms with van der Waals surface area (Å²) in [5.41, 5.74) is 0.203. The van der Waals surface area contributed by atoms with Gasteiger partial charge in [0.05, 0.1) is 12.0 Å². The predicted molar refractivity (Wildman–Crippen MR) is 132 cm³/mol. The second-order valence-electron chi connectivity index (χ2n) is 10.6. The molecule has 2 fully saturated rings. The van der Waals surface area contributed by atoms with Crippen molar-refractivity contribution in [2.45, 2.75) is 84.3 Å². The van der Waals surface area contributed by atoms with Gasteiger partial charge < -0.3 is 15.4 Å². The largest absolute Gasteiger partial charge is 0.379 e. The Labute approximate surface area is 204 Å². The van der Waals surface area contributed by atoms with E-state index in [9.17, 15) is 14.0 Å². The third kappa shape index (κ3) is 7.51. The second-order valence-corrected chi connectivity index (χ2v) is 10.6. The van der Waals surface area contributed by atoms with Crippen molar-refractivity contribution in [2.75, 3.05) is 26.3 Å². The van der Waals surface area contributed by atoms with E-state index in [1.165, 1.54) is 6.07 Å². The number of nitrogens with zero attached hydrogens (tertiary/aromatic N) is 1. The first-order chi connectivity index (χ1) is 16.3. The van der Waals surface area contributed by atoms with Gasteiger partial charge in [0.1, 0.15) is 11.9 Å². The Morgan fingerprint density at radius 3 is 2.53 bits per heavy atom. The van der Waals surface area contributed by atoms with Crippen molar-refractivity contribution in [1.29, 1.82) is 0 Å². The molecule has 2 amide bonds. The van der Waals surface area contributed by atoms with E-state index in [-0.39, 0.29) is 29.6 Å². The lowest BCUT2D eigenvalue weighted by Crippen LogP contribution is -2.56. The molecular weight excluding hydrogens is 433 g/mol. The topological polar surface area (TPSA) is 70.7 Å². The Hall–Kier alpha value is -1.99. The number of amides is 2. The first kappa shape index (κ1) is 26.6. The average Bonchev–Trinajstić information content (AvgIpc) is 2.79. The van der Waals surface area contributed by atoms with Crippen LogP contribution in [0.2, 0.25) is 0 Å². The highest BCUT2D eigenvalue weighted by atomic mass is 19.1. The van der Waals surface area contributed by atoms with Crippen molar-refractivity contribution in [3.63, 3.8) is 0 Å². The summed E-state index contributed by atoms with van der Waals surface area (Å²) in [6.07, 6.45) is 5.77. The van der Waals surface area contributed by atoms with E-state index in [1.807, 2.05) is 19.1 Å². The van der Waals surface area contributed by atoms with Gasteiger partial charge in [-0.3, -0.25) is 14.5 Å². The van der Waals surface area contributed by atoms with E-state index in [0.29, 0.717) is 31.7 Å². The van der Waals surface area contributed by atoms with Gasteiger partial charge in [-0.1, -0.05) is 44.9 Å². The minimum Gasteiger partial charge on any atom is -0.379 e. The number of benzene rings is 1. The van der Waals surface area contributed by atoms with Gasteiger partial charge in [-0.15, -0.1) is 0 Å². The van der Waals surface area contributed by atoms with Gasteiger partial charge >= 0.3 is 0 Å². The molecule has 2 aliphatic heterocycles. The monoisotopic (exact) mass is 475 g/mol. The molecule has 2 saturated heterocycles. The van der Waals surface area contributed by atoms with Crippen LogP contribution in [0.3, 0.4) is 0 Å². The fraction of sp³-hybridized carbons (Fsp3) is 0.704. The molecule has 3 rings (SSSR count). The van der Waals surface area contributed by atoms with Crippen molar-refractivity contribution in [3.8, 4) is 0 Å². The quantitative estimate of drug-likeness (QED) is 0.690. The highest BCUT2D eigenvalue weighted by Crippen LogP contribution is 2.38. The second kappa shape index (κ2) is 12.6. The summed E-state index contributed by atoms with van der Waals surface area (Å²) >= 11 is 0. The fourth-order valence-electron chi connectivity index (χ4n) is 5.10. The van der Waals surface area contributed by atoms with Gasteiger partial charge in [0.2, 0.25) is 11.8 Å². The molecule has 2 aliphatic rings. The molecule has 0 unspecified atom stereocenters. The molecule has 6 nitrogen and oxygen atoms in total. The summed E-state index contributed by atoms with van der Waals surface area (Å²) in [6.45, 7) is 9.25. The van der Waals surface area contributed by atoms with Crippen molar-refractivity contribution >= 4 is 11.8 Å². The van der Waals surface area contributed by atoms with E-state index in [0.717, 1.165) is 51.6 Å². The van der Waals surface area contributed by atoms with E-state index in [2.05, 4.69) is 29.4 Å². The van der Waals surface area contributed by atoms with Crippen LogP contribution in [0.5, 0.6) is 0 Å². The Morgan fingerprint density at radius 2 is 1.82 bits per heavy atom. The van der Waals surface area contributed by atoms with E-state index >= 15 is 0 Å². The van der Waals surface area contributed by atoms with Crippen LogP contribution in [0.25, 0.3) is 0 Å². The number of rotatable bonds is 4. The summed E-state index contributed by atoms with van der Waals surface area (Å²) < 4.78 is 19.9. The third-order valence-corrected chi connectivity index (χ3v) is 7.18. The number of carbonyl (C=O) groups excluding carboxylic acids is 2. The van der Waals surface area contributed by atoms with Crippen LogP contribution >= 0.6 is 0 Å². The molecule has 1 spiro atoms. The summed E-state index contributed by atoms with van der Waals surface area (Å²) in [5, 5.41) is 6.15. The fourth-order valence-corrected chi connectivity index (χ4v) is 5.10. The number of hydrogen-bond donors (Lipinski definition) is 2. The number of piperidine rings is 1. The third-order valence-electron chi connectivity index (χ3n) is 7.18. The minimum atomic E-state index is -0.550. The molecule has 34 heavy (non-hydrogen) atoms. The Morgan fingerprint density at radius 1 is 1.09 bits per heavy atom. The lowest BCUT2D eigenvalue weighted by atomic mass is 9.73. The molecule has 0 bridgehead atoms. The van der Waals surface area contributed by atoms with Gasteiger partial charge in [-0.05, 0) is 64.1 Å². The van der Waals surface area contributed by atoms with Gasteiger partial charge in [-0.25, -0.2) is 4.39 Å². The van der Waals surface area contributed by atoms with Crippen LogP contribution < -0.4 is 10.6 Å². The van der Waals surface area contributed by atoms with Crippen molar-refractivity contribution in [2.24, 2.45) is 11.3 Å². The van der Waals surface area contributed by atoms with Crippen molar-refractivity contribution in [3.05, 3.63) is 35.6 Å². The number of ether oxygens (including phenoxy) is 1. The van der Waals surface area contributed by atoms with Crippen LogP contribution in [0, 0.1) is 17.2 Å². The lowest BCUT2D eigenvalue weighted by molar-refractivity contribution is -0.139. The maximum Gasteiger partial charge on any atom is 0.242 e. The Balaban J connectivity index is 1.72. The zero-order valence-corrected chi connectivity index (χ0v) is 21.1. The van der Waals surface area contributed by atoms with Crippen LogP contribution in [-0.4, -0.2) is 55.1 Å². The molecule has 2 atom stereocenters. The summed E-state index contributed by atoms with van der Waals surface area (Å²) in [5.74, 6) is -0.0419. The summed E-state index contributed by atoms with van der Waals surface area (Å²) in [4.78, 5) is 28.9. The Kier molecular flexibility index (Phi) is 9.89. The van der Waals surface area contributed by atoms with Crippen LogP contribution in [0.1, 0.15) is 71.3 Å². The molecule has 0 aliphatic carbocycles. The van der Waals surface area contributed by atoms with E-state index in [1.54, 1.807) is 6.07 Å². The lowest BCUT2D eigenvalue weighted by Gasteiger charge is -2.41. The maximum absolute atomic E-state index is 14.1. The Bertz CT molecular complexity index is 808. The van der Waals surface area contributed by atoms with E-state index < -0.39 is 11.5 Å². The number of halogens is 1. The van der Waals surface area contributed by atoms with Gasteiger partial charge in [0.25, 0.3) is 0 Å². The van der Waals surface area contributed by atoms with Crippen molar-refractivity contribution in [1.82, 2.24) is 15.5 Å². The zero-order valence-electron chi connectivity index (χ0n) is 21.1. The van der Waals surface area contributed by atoms with Crippen LogP contribution in [0.4, 0.5) is 4.39 Å². The SMILES string of the molecule is CC(C)C[C@@H]1NC(=O)C2(CCCCCOC[C@@H](C)NC1=O)CCN(Cc1ccccc1F)CC2. The van der Waals surface area contributed by atoms with Gasteiger partial charge in [-0.2, -0.15) is 0 Å². The first-order valence-electron chi connectivity index (χ1n) is 12.9.